The van der Waals surface area contributed by atoms with E-state index in [4.69, 9.17) is 0 Å². The molecule has 2 rings (SSSR count). The van der Waals surface area contributed by atoms with Crippen molar-refractivity contribution in [3.63, 3.8) is 0 Å². The van der Waals surface area contributed by atoms with E-state index in [0.717, 1.165) is 24.1 Å². The van der Waals surface area contributed by atoms with Crippen LogP contribution in [0.1, 0.15) is 37.7 Å². The van der Waals surface area contributed by atoms with Crippen LogP contribution in [-0.2, 0) is 9.59 Å². The van der Waals surface area contributed by atoms with E-state index in [0.29, 0.717) is 0 Å². The van der Waals surface area contributed by atoms with Crippen LogP contribution in [0.2, 0.25) is 0 Å². The SMILES string of the molecule is Cc1ccc(NC(=O)CC(=O)NC2CCCC2)cc1. The van der Waals surface area contributed by atoms with Crippen molar-refractivity contribution in [3.8, 4) is 0 Å². The molecule has 19 heavy (non-hydrogen) atoms. The molecule has 4 heteroatoms. The van der Waals surface area contributed by atoms with Gasteiger partial charge in [0.25, 0.3) is 0 Å². The topological polar surface area (TPSA) is 58.2 Å². The zero-order valence-electron chi connectivity index (χ0n) is 11.2. The number of aryl methyl sites for hydroxylation is 1. The van der Waals surface area contributed by atoms with Gasteiger partial charge in [-0.3, -0.25) is 9.59 Å². The Hall–Kier alpha value is -1.84. The van der Waals surface area contributed by atoms with Gasteiger partial charge in [-0.2, -0.15) is 0 Å². The van der Waals surface area contributed by atoms with E-state index in [9.17, 15) is 9.59 Å². The van der Waals surface area contributed by atoms with E-state index in [1.165, 1.54) is 12.8 Å². The van der Waals surface area contributed by atoms with Gasteiger partial charge >= 0.3 is 0 Å². The van der Waals surface area contributed by atoms with Crippen LogP contribution in [0.25, 0.3) is 0 Å². The average molecular weight is 260 g/mol. The van der Waals surface area contributed by atoms with Gasteiger partial charge in [-0.1, -0.05) is 30.5 Å². The standard InChI is InChI=1S/C15H20N2O2/c1-11-6-8-13(9-7-11)17-15(19)10-14(18)16-12-4-2-3-5-12/h6-9,12H,2-5,10H2,1H3,(H,16,18)(H,17,19). The Bertz CT molecular complexity index is 448. The lowest BCUT2D eigenvalue weighted by molar-refractivity contribution is -0.127. The van der Waals surface area contributed by atoms with Crippen molar-refractivity contribution in [2.24, 2.45) is 0 Å². The van der Waals surface area contributed by atoms with Crippen molar-refractivity contribution in [1.29, 1.82) is 0 Å². The van der Waals surface area contributed by atoms with Crippen molar-refractivity contribution in [3.05, 3.63) is 29.8 Å². The Morgan fingerprint density at radius 2 is 1.74 bits per heavy atom. The largest absolute Gasteiger partial charge is 0.353 e. The summed E-state index contributed by atoms with van der Waals surface area (Å²) in [6, 6.07) is 7.78. The molecular weight excluding hydrogens is 240 g/mol. The Kier molecular flexibility index (Phi) is 4.55. The normalized spacial score (nSPS) is 15.2. The Morgan fingerprint density at radius 1 is 1.11 bits per heavy atom. The number of carbonyl (C=O) groups excluding carboxylic acids is 2. The first-order valence-electron chi connectivity index (χ1n) is 6.79. The average Bonchev–Trinajstić information content (AvgIpc) is 2.84. The van der Waals surface area contributed by atoms with Crippen molar-refractivity contribution in [2.45, 2.75) is 45.1 Å². The molecule has 4 nitrogen and oxygen atoms in total. The van der Waals surface area contributed by atoms with E-state index in [1.54, 1.807) is 0 Å². The summed E-state index contributed by atoms with van der Waals surface area (Å²) in [6.45, 7) is 1.99. The van der Waals surface area contributed by atoms with Gasteiger partial charge in [-0.15, -0.1) is 0 Å². The molecular formula is C15H20N2O2. The number of nitrogens with one attached hydrogen (secondary N) is 2. The van der Waals surface area contributed by atoms with E-state index < -0.39 is 0 Å². The molecule has 102 valence electrons. The number of hydrogen-bond acceptors (Lipinski definition) is 2. The molecule has 2 N–H and O–H groups in total. The zero-order valence-corrected chi connectivity index (χ0v) is 11.2. The summed E-state index contributed by atoms with van der Waals surface area (Å²) in [4.78, 5) is 23.4. The van der Waals surface area contributed by atoms with Crippen molar-refractivity contribution >= 4 is 17.5 Å². The molecule has 0 spiro atoms. The molecule has 0 radical (unpaired) electrons. The molecule has 1 aromatic carbocycles. The molecule has 2 amide bonds. The third kappa shape index (κ3) is 4.39. The summed E-state index contributed by atoms with van der Waals surface area (Å²) in [5, 5.41) is 5.63. The van der Waals surface area contributed by atoms with Gasteiger partial charge in [-0.25, -0.2) is 0 Å². The van der Waals surface area contributed by atoms with E-state index in [1.807, 2.05) is 31.2 Å². The lowest BCUT2D eigenvalue weighted by Gasteiger charge is -2.11. The van der Waals surface area contributed by atoms with E-state index in [2.05, 4.69) is 10.6 Å². The van der Waals surface area contributed by atoms with Crippen LogP contribution >= 0.6 is 0 Å². The highest BCUT2D eigenvalue weighted by Gasteiger charge is 2.18. The fraction of sp³-hybridized carbons (Fsp3) is 0.467. The van der Waals surface area contributed by atoms with Crippen molar-refractivity contribution in [2.75, 3.05) is 5.32 Å². The minimum absolute atomic E-state index is 0.107. The molecule has 1 fully saturated rings. The molecule has 0 saturated heterocycles. The van der Waals surface area contributed by atoms with Crippen LogP contribution in [0, 0.1) is 6.92 Å². The highest BCUT2D eigenvalue weighted by molar-refractivity contribution is 6.03. The first-order valence-corrected chi connectivity index (χ1v) is 6.79. The predicted molar refractivity (Wildman–Crippen MR) is 74.8 cm³/mol. The Labute approximate surface area is 113 Å². The Morgan fingerprint density at radius 3 is 2.37 bits per heavy atom. The summed E-state index contributed by atoms with van der Waals surface area (Å²) >= 11 is 0. The lowest BCUT2D eigenvalue weighted by atomic mass is 10.2. The third-order valence-electron chi connectivity index (χ3n) is 3.38. The molecule has 1 saturated carbocycles. The van der Waals surface area contributed by atoms with Crippen LogP contribution in [0.3, 0.4) is 0 Å². The van der Waals surface area contributed by atoms with Crippen molar-refractivity contribution in [1.82, 2.24) is 5.32 Å². The molecule has 0 aromatic heterocycles. The van der Waals surface area contributed by atoms with Gasteiger partial charge in [0.1, 0.15) is 6.42 Å². The van der Waals surface area contributed by atoms with Gasteiger partial charge in [0.05, 0.1) is 0 Å². The number of hydrogen-bond donors (Lipinski definition) is 2. The first kappa shape index (κ1) is 13.6. The number of carbonyl (C=O) groups is 2. The summed E-state index contributed by atoms with van der Waals surface area (Å²) in [5.41, 5.74) is 1.86. The monoisotopic (exact) mass is 260 g/mol. The summed E-state index contributed by atoms with van der Waals surface area (Å²) < 4.78 is 0. The lowest BCUT2D eigenvalue weighted by Crippen LogP contribution is -2.34. The summed E-state index contributed by atoms with van der Waals surface area (Å²) in [6.07, 6.45) is 4.29. The fourth-order valence-electron chi connectivity index (χ4n) is 2.34. The van der Waals surface area contributed by atoms with Gasteiger partial charge in [0.15, 0.2) is 0 Å². The second-order valence-electron chi connectivity index (χ2n) is 5.14. The highest BCUT2D eigenvalue weighted by atomic mass is 16.2. The molecule has 1 aliphatic carbocycles. The van der Waals surface area contributed by atoms with Gasteiger partial charge < -0.3 is 10.6 Å². The molecule has 1 aromatic rings. The molecule has 0 heterocycles. The maximum atomic E-state index is 11.7. The fourth-order valence-corrected chi connectivity index (χ4v) is 2.34. The minimum atomic E-state index is -0.264. The first-order chi connectivity index (χ1) is 9.13. The van der Waals surface area contributed by atoms with Crippen LogP contribution in [-0.4, -0.2) is 17.9 Å². The molecule has 0 bridgehead atoms. The highest BCUT2D eigenvalue weighted by Crippen LogP contribution is 2.17. The Balaban J connectivity index is 1.77. The number of rotatable bonds is 4. The van der Waals surface area contributed by atoms with E-state index in [-0.39, 0.29) is 24.3 Å². The van der Waals surface area contributed by atoms with E-state index >= 15 is 0 Å². The second-order valence-corrected chi connectivity index (χ2v) is 5.14. The van der Waals surface area contributed by atoms with Crippen LogP contribution in [0.15, 0.2) is 24.3 Å². The summed E-state index contributed by atoms with van der Waals surface area (Å²) in [5.74, 6) is -0.448. The maximum absolute atomic E-state index is 11.7. The predicted octanol–water partition coefficient (Wildman–Crippen LogP) is 2.38. The minimum Gasteiger partial charge on any atom is -0.353 e. The molecule has 0 aliphatic heterocycles. The van der Waals surface area contributed by atoms with Crippen LogP contribution in [0.4, 0.5) is 5.69 Å². The zero-order chi connectivity index (χ0) is 13.7. The molecule has 1 aliphatic rings. The van der Waals surface area contributed by atoms with Gasteiger partial charge in [0.2, 0.25) is 11.8 Å². The van der Waals surface area contributed by atoms with Crippen molar-refractivity contribution < 1.29 is 9.59 Å². The van der Waals surface area contributed by atoms with Crippen LogP contribution < -0.4 is 10.6 Å². The van der Waals surface area contributed by atoms with Crippen LogP contribution in [0.5, 0.6) is 0 Å². The third-order valence-corrected chi connectivity index (χ3v) is 3.38. The smallest absolute Gasteiger partial charge is 0.233 e. The molecule has 0 atom stereocenters. The second kappa shape index (κ2) is 6.36. The maximum Gasteiger partial charge on any atom is 0.233 e. The molecule has 0 unspecified atom stereocenters. The number of anilines is 1. The summed E-state index contributed by atoms with van der Waals surface area (Å²) in [7, 11) is 0. The van der Waals surface area contributed by atoms with Gasteiger partial charge in [-0.05, 0) is 31.9 Å². The number of benzene rings is 1. The quantitative estimate of drug-likeness (QED) is 0.817. The number of amides is 2. The van der Waals surface area contributed by atoms with Gasteiger partial charge in [0, 0.05) is 11.7 Å².